The molecule has 4 nitrogen and oxygen atoms in total. The molecule has 0 saturated heterocycles. The van der Waals surface area contributed by atoms with Crippen molar-refractivity contribution < 1.29 is 0 Å². The minimum absolute atomic E-state index is 0.628. The standard InChI is InChI=1S/C58H38N4/c1-3-9-39(10-4-1)41-22-30-49(31-23-41)56-60-57(50-32-24-42(25-33-50)40-11-5-2-6-12-40)62-58(61-56)51-34-26-46(27-35-51)44-18-16-43(17-19-44)45-20-28-47(29-21-45)52-14-7-15-54-53(52)37-36-48-13-8-38-59-55(48)54/h1-38H. The first-order valence-corrected chi connectivity index (χ1v) is 20.9. The van der Waals surface area contributed by atoms with Crippen LogP contribution in [0.3, 0.4) is 0 Å². The van der Waals surface area contributed by atoms with Crippen molar-refractivity contribution in [3.05, 3.63) is 231 Å². The Hall–Kier alpha value is -8.34. The molecule has 0 atom stereocenters. The Kier molecular flexibility index (Phi) is 9.49. The van der Waals surface area contributed by atoms with Crippen molar-refractivity contribution in [2.24, 2.45) is 0 Å². The van der Waals surface area contributed by atoms with E-state index < -0.39 is 0 Å². The summed E-state index contributed by atoms with van der Waals surface area (Å²) in [6, 6.07) is 78.8. The maximum absolute atomic E-state index is 5.04. The van der Waals surface area contributed by atoms with Gasteiger partial charge in [0.2, 0.25) is 0 Å². The van der Waals surface area contributed by atoms with Gasteiger partial charge in [0.15, 0.2) is 17.5 Å². The topological polar surface area (TPSA) is 51.6 Å². The van der Waals surface area contributed by atoms with Gasteiger partial charge in [-0.1, -0.05) is 218 Å². The van der Waals surface area contributed by atoms with E-state index in [1.54, 1.807) is 0 Å². The van der Waals surface area contributed by atoms with Crippen LogP contribution in [0, 0.1) is 0 Å². The fourth-order valence-electron chi connectivity index (χ4n) is 8.31. The summed E-state index contributed by atoms with van der Waals surface area (Å²) in [6.07, 6.45) is 1.87. The summed E-state index contributed by atoms with van der Waals surface area (Å²) in [5.41, 5.74) is 15.5. The van der Waals surface area contributed by atoms with Crippen LogP contribution in [0.5, 0.6) is 0 Å². The molecule has 0 aliphatic heterocycles. The SMILES string of the molecule is c1ccc(-c2ccc(-c3nc(-c4ccc(-c5ccccc5)cc4)nc(-c4ccc(-c5ccc(-c6ccc(-c7cccc8c7ccc7cccnc78)cc6)cc5)cc4)n3)cc2)cc1. The van der Waals surface area contributed by atoms with Gasteiger partial charge in [0, 0.05) is 33.7 Å². The van der Waals surface area contributed by atoms with E-state index in [0.717, 1.165) is 49.8 Å². The second-order valence-corrected chi connectivity index (χ2v) is 15.5. The van der Waals surface area contributed by atoms with Crippen molar-refractivity contribution in [1.82, 2.24) is 19.9 Å². The molecule has 0 fully saturated rings. The molecule has 62 heavy (non-hydrogen) atoms. The Morgan fingerprint density at radius 2 is 0.597 bits per heavy atom. The number of fused-ring (bicyclic) bond motifs is 3. The van der Waals surface area contributed by atoms with Crippen molar-refractivity contribution in [1.29, 1.82) is 0 Å². The monoisotopic (exact) mass is 790 g/mol. The Labute approximate surface area is 360 Å². The van der Waals surface area contributed by atoms with E-state index in [-0.39, 0.29) is 0 Å². The zero-order valence-electron chi connectivity index (χ0n) is 33.7. The van der Waals surface area contributed by atoms with Gasteiger partial charge in [0.05, 0.1) is 5.52 Å². The fourth-order valence-corrected chi connectivity index (χ4v) is 8.31. The molecule has 2 heterocycles. The molecule has 11 aromatic rings. The lowest BCUT2D eigenvalue weighted by Crippen LogP contribution is -2.00. The van der Waals surface area contributed by atoms with Crippen LogP contribution in [-0.4, -0.2) is 19.9 Å². The summed E-state index contributed by atoms with van der Waals surface area (Å²) in [4.78, 5) is 19.8. The van der Waals surface area contributed by atoms with Gasteiger partial charge in [0.1, 0.15) is 0 Å². The second-order valence-electron chi connectivity index (χ2n) is 15.5. The molecule has 0 unspecified atom stereocenters. The van der Waals surface area contributed by atoms with Crippen LogP contribution in [0.4, 0.5) is 0 Å². The van der Waals surface area contributed by atoms with Gasteiger partial charge < -0.3 is 0 Å². The predicted molar refractivity (Wildman–Crippen MR) is 256 cm³/mol. The quantitative estimate of drug-likeness (QED) is 0.144. The largest absolute Gasteiger partial charge is 0.256 e. The molecule has 0 amide bonds. The predicted octanol–water partition coefficient (Wildman–Crippen LogP) is 14.9. The highest BCUT2D eigenvalue weighted by molar-refractivity contribution is 6.10. The zero-order chi connectivity index (χ0) is 41.2. The highest BCUT2D eigenvalue weighted by atomic mass is 15.0. The van der Waals surface area contributed by atoms with Crippen molar-refractivity contribution >= 4 is 21.7 Å². The zero-order valence-corrected chi connectivity index (χ0v) is 33.7. The van der Waals surface area contributed by atoms with Gasteiger partial charge >= 0.3 is 0 Å². The Bertz CT molecular complexity index is 3230. The molecule has 0 aliphatic carbocycles. The summed E-state index contributed by atoms with van der Waals surface area (Å²) in [5.74, 6) is 1.89. The lowest BCUT2D eigenvalue weighted by atomic mass is 9.94. The molecule has 4 heteroatoms. The molecular formula is C58H38N4. The number of nitrogens with zero attached hydrogens (tertiary/aromatic N) is 4. The fraction of sp³-hybridized carbons (Fsp3) is 0. The average Bonchev–Trinajstić information content (AvgIpc) is 3.37. The van der Waals surface area contributed by atoms with E-state index in [0.29, 0.717) is 17.5 Å². The van der Waals surface area contributed by atoms with E-state index in [9.17, 15) is 0 Å². The van der Waals surface area contributed by atoms with Crippen molar-refractivity contribution in [2.45, 2.75) is 0 Å². The Balaban J connectivity index is 0.868. The van der Waals surface area contributed by atoms with Gasteiger partial charge in [0.25, 0.3) is 0 Å². The molecule has 11 rings (SSSR count). The molecule has 9 aromatic carbocycles. The summed E-state index contributed by atoms with van der Waals surface area (Å²) < 4.78 is 0. The van der Waals surface area contributed by atoms with Crippen molar-refractivity contribution in [3.63, 3.8) is 0 Å². The normalized spacial score (nSPS) is 11.2. The van der Waals surface area contributed by atoms with Crippen LogP contribution in [-0.2, 0) is 0 Å². The van der Waals surface area contributed by atoms with Gasteiger partial charge in [-0.2, -0.15) is 0 Å². The maximum atomic E-state index is 5.04. The Morgan fingerprint density at radius 1 is 0.226 bits per heavy atom. The molecule has 0 spiro atoms. The average molecular weight is 791 g/mol. The van der Waals surface area contributed by atoms with Crippen LogP contribution in [0.15, 0.2) is 231 Å². The first kappa shape index (κ1) is 36.7. The minimum Gasteiger partial charge on any atom is -0.256 e. The van der Waals surface area contributed by atoms with Gasteiger partial charge in [-0.15, -0.1) is 0 Å². The van der Waals surface area contributed by atoms with Crippen LogP contribution in [0.2, 0.25) is 0 Å². The van der Waals surface area contributed by atoms with Crippen LogP contribution in [0.1, 0.15) is 0 Å². The van der Waals surface area contributed by atoms with Crippen LogP contribution < -0.4 is 0 Å². The third kappa shape index (κ3) is 7.20. The van der Waals surface area contributed by atoms with Gasteiger partial charge in [-0.25, -0.2) is 15.0 Å². The van der Waals surface area contributed by atoms with Crippen LogP contribution >= 0.6 is 0 Å². The molecule has 2 aromatic heterocycles. The van der Waals surface area contributed by atoms with Gasteiger partial charge in [-0.05, 0) is 67.1 Å². The summed E-state index contributed by atoms with van der Waals surface area (Å²) in [5, 5.41) is 3.53. The molecule has 0 saturated carbocycles. The number of hydrogen-bond acceptors (Lipinski definition) is 4. The molecule has 0 N–H and O–H groups in total. The third-order valence-electron chi connectivity index (χ3n) is 11.7. The first-order valence-electron chi connectivity index (χ1n) is 20.9. The van der Waals surface area contributed by atoms with E-state index in [2.05, 4.69) is 211 Å². The number of aromatic nitrogens is 4. The van der Waals surface area contributed by atoms with Gasteiger partial charge in [-0.3, -0.25) is 4.98 Å². The van der Waals surface area contributed by atoms with E-state index >= 15 is 0 Å². The molecule has 0 bridgehead atoms. The molecule has 0 radical (unpaired) electrons. The lowest BCUT2D eigenvalue weighted by molar-refractivity contribution is 1.07. The number of benzene rings is 9. The number of hydrogen-bond donors (Lipinski definition) is 0. The number of rotatable bonds is 8. The van der Waals surface area contributed by atoms with E-state index in [4.69, 9.17) is 15.0 Å². The third-order valence-corrected chi connectivity index (χ3v) is 11.7. The Morgan fingerprint density at radius 3 is 1.02 bits per heavy atom. The molecular weight excluding hydrogens is 753 g/mol. The first-order chi connectivity index (χ1) is 30.7. The van der Waals surface area contributed by atoms with Crippen molar-refractivity contribution in [3.8, 4) is 89.8 Å². The highest BCUT2D eigenvalue weighted by Crippen LogP contribution is 2.35. The summed E-state index contributed by atoms with van der Waals surface area (Å²) in [7, 11) is 0. The second kappa shape index (κ2) is 16.0. The van der Waals surface area contributed by atoms with E-state index in [1.165, 1.54) is 44.2 Å². The van der Waals surface area contributed by atoms with Crippen molar-refractivity contribution in [2.75, 3.05) is 0 Å². The summed E-state index contributed by atoms with van der Waals surface area (Å²) >= 11 is 0. The maximum Gasteiger partial charge on any atom is 0.164 e. The van der Waals surface area contributed by atoms with Crippen LogP contribution in [0.25, 0.3) is 111 Å². The minimum atomic E-state index is 0.628. The lowest BCUT2D eigenvalue weighted by Gasteiger charge is -2.11. The highest BCUT2D eigenvalue weighted by Gasteiger charge is 2.14. The number of pyridine rings is 1. The van der Waals surface area contributed by atoms with E-state index in [1.807, 2.05) is 24.4 Å². The molecule has 0 aliphatic rings. The molecule has 290 valence electrons. The summed E-state index contributed by atoms with van der Waals surface area (Å²) in [6.45, 7) is 0. The smallest absolute Gasteiger partial charge is 0.164 e.